The molecule has 4 heterocycles. The van der Waals surface area contributed by atoms with Gasteiger partial charge < -0.3 is 20.6 Å². The van der Waals surface area contributed by atoms with Gasteiger partial charge >= 0.3 is 0 Å². The summed E-state index contributed by atoms with van der Waals surface area (Å²) in [6, 6.07) is 9.52. The summed E-state index contributed by atoms with van der Waals surface area (Å²) in [5, 5.41) is 16.2. The second kappa shape index (κ2) is 11.5. The van der Waals surface area contributed by atoms with Gasteiger partial charge in [-0.1, -0.05) is 44.3 Å². The largest absolute Gasteiger partial charge is 0.396 e. The minimum atomic E-state index is -0.378. The highest BCUT2D eigenvalue weighted by molar-refractivity contribution is 8.03. The fraction of sp³-hybridized carbons (Fsp3) is 0.407. The number of thioether (sulfide) groups is 1. The van der Waals surface area contributed by atoms with Crippen LogP contribution in [0, 0.1) is 5.82 Å². The second-order valence-corrected chi connectivity index (χ2v) is 9.73. The zero-order valence-corrected chi connectivity index (χ0v) is 20.6. The Morgan fingerprint density at radius 3 is 2.92 bits per heavy atom. The first-order chi connectivity index (χ1) is 17.1. The molecule has 9 heteroatoms. The van der Waals surface area contributed by atoms with E-state index in [1.165, 1.54) is 11.8 Å². The predicted octanol–water partition coefficient (Wildman–Crippen LogP) is 4.42. The highest BCUT2D eigenvalue weighted by Crippen LogP contribution is 2.56. The number of halogens is 1. The maximum absolute atomic E-state index is 15.6. The van der Waals surface area contributed by atoms with Crippen LogP contribution in [0.2, 0.25) is 0 Å². The molecule has 3 aliphatic heterocycles. The van der Waals surface area contributed by atoms with Crippen LogP contribution in [0.4, 0.5) is 21.7 Å². The zero-order valence-electron chi connectivity index (χ0n) is 19.8. The van der Waals surface area contributed by atoms with Crippen molar-refractivity contribution >= 4 is 40.6 Å². The number of carbonyl (C=O) groups is 1. The Morgan fingerprint density at radius 1 is 1.28 bits per heavy atom. The van der Waals surface area contributed by atoms with Crippen LogP contribution in [0.3, 0.4) is 0 Å². The average Bonchev–Trinajstić information content (AvgIpc) is 3.03. The maximum Gasteiger partial charge on any atom is 0.254 e. The van der Waals surface area contributed by atoms with Crippen molar-refractivity contribution < 1.29 is 14.3 Å². The Morgan fingerprint density at radius 2 is 2.11 bits per heavy atom. The van der Waals surface area contributed by atoms with Gasteiger partial charge in [-0.2, -0.15) is 0 Å². The summed E-state index contributed by atoms with van der Waals surface area (Å²) < 4.78 is 15.6. The molecule has 1 saturated heterocycles. The zero-order chi connectivity index (χ0) is 24.4. The molecule has 3 N–H and O–H groups in total. The maximum atomic E-state index is 15.6. The number of aromatic nitrogens is 1. The summed E-state index contributed by atoms with van der Waals surface area (Å²) in [5.41, 5.74) is 2.78. The number of hydrogen-bond acceptors (Lipinski definition) is 7. The number of para-hydroxylation sites is 1. The average molecular weight is 512 g/mol. The van der Waals surface area contributed by atoms with Gasteiger partial charge in [-0.15, -0.1) is 0 Å². The van der Waals surface area contributed by atoms with Crippen LogP contribution in [0.5, 0.6) is 0 Å². The number of allylic oxidation sites excluding steroid dienone is 1. The van der Waals surface area contributed by atoms with E-state index in [2.05, 4.69) is 10.6 Å². The Hall–Kier alpha value is -2.88. The summed E-state index contributed by atoms with van der Waals surface area (Å²) >= 11 is 1.54. The number of aliphatic hydroxyl groups excluding tert-OH is 1. The fourth-order valence-electron chi connectivity index (χ4n) is 4.73. The molecule has 0 bridgehead atoms. The fourth-order valence-corrected chi connectivity index (χ4v) is 5.93. The summed E-state index contributed by atoms with van der Waals surface area (Å²) in [7, 11) is 0. The van der Waals surface area contributed by atoms with Crippen molar-refractivity contribution in [3.63, 3.8) is 0 Å². The molecule has 0 atom stereocenters. The Bertz CT molecular complexity index is 1190. The smallest absolute Gasteiger partial charge is 0.254 e. The van der Waals surface area contributed by atoms with Gasteiger partial charge in [0, 0.05) is 43.2 Å². The lowest BCUT2D eigenvalue weighted by Crippen LogP contribution is -2.33. The van der Waals surface area contributed by atoms with Crippen LogP contribution >= 0.6 is 11.8 Å². The Kier molecular flexibility index (Phi) is 8.33. The van der Waals surface area contributed by atoms with Crippen LogP contribution in [0.1, 0.15) is 39.2 Å². The van der Waals surface area contributed by atoms with E-state index in [0.29, 0.717) is 54.3 Å². The molecule has 3 aliphatic rings. The molecule has 0 unspecified atom stereocenters. The molecule has 192 valence electrons. The van der Waals surface area contributed by atoms with Crippen molar-refractivity contribution in [1.82, 2.24) is 15.6 Å². The van der Waals surface area contributed by atoms with Gasteiger partial charge in [0.15, 0.2) is 11.6 Å². The molecular formula is C27H34FN5O2S. The van der Waals surface area contributed by atoms with E-state index < -0.39 is 0 Å². The number of hydrogen-bond donors (Lipinski definition) is 3. The predicted molar refractivity (Wildman–Crippen MR) is 145 cm³/mol. The van der Waals surface area contributed by atoms with Crippen LogP contribution in [-0.4, -0.2) is 55.3 Å². The number of anilines is 3. The van der Waals surface area contributed by atoms with Crippen molar-refractivity contribution in [2.75, 3.05) is 49.1 Å². The number of fused-ring (bicyclic) bond motifs is 5. The Labute approximate surface area is 216 Å². The van der Waals surface area contributed by atoms with Crippen LogP contribution in [0.25, 0.3) is 5.57 Å². The van der Waals surface area contributed by atoms with Crippen molar-refractivity contribution in [3.8, 4) is 0 Å². The number of nitrogens with one attached hydrogen (secondary N) is 2. The van der Waals surface area contributed by atoms with Gasteiger partial charge in [0.1, 0.15) is 5.82 Å². The summed E-state index contributed by atoms with van der Waals surface area (Å²) in [4.78, 5) is 23.4. The topological polar surface area (TPSA) is 80.7 Å². The highest BCUT2D eigenvalue weighted by atomic mass is 32.2. The molecule has 5 rings (SSSR count). The second-order valence-electron chi connectivity index (χ2n) is 8.70. The third-order valence-corrected chi connectivity index (χ3v) is 7.48. The number of pyridine rings is 1. The van der Waals surface area contributed by atoms with Crippen molar-refractivity contribution in [2.24, 2.45) is 0 Å². The molecule has 7 nitrogen and oxygen atoms in total. The third kappa shape index (κ3) is 4.75. The number of aliphatic hydroxyl groups is 1. The monoisotopic (exact) mass is 511 g/mol. The van der Waals surface area contributed by atoms with Gasteiger partial charge in [-0.3, -0.25) is 9.69 Å². The van der Waals surface area contributed by atoms with Crippen molar-refractivity contribution in [2.45, 2.75) is 38.5 Å². The normalized spacial score (nSPS) is 17.8. The molecule has 2 aromatic rings. The van der Waals surface area contributed by atoms with Gasteiger partial charge in [-0.25, -0.2) is 9.37 Å². The van der Waals surface area contributed by atoms with E-state index in [9.17, 15) is 4.79 Å². The van der Waals surface area contributed by atoms with E-state index in [1.54, 1.807) is 6.07 Å². The number of benzene rings is 1. The van der Waals surface area contributed by atoms with Crippen molar-refractivity contribution in [3.05, 3.63) is 58.4 Å². The third-order valence-electron chi connectivity index (χ3n) is 6.33. The number of rotatable bonds is 6. The van der Waals surface area contributed by atoms with Gasteiger partial charge in [0.2, 0.25) is 0 Å². The van der Waals surface area contributed by atoms with Crippen LogP contribution < -0.4 is 20.4 Å². The van der Waals surface area contributed by atoms with E-state index in [-0.39, 0.29) is 25.8 Å². The van der Waals surface area contributed by atoms with E-state index in [0.717, 1.165) is 41.7 Å². The molecule has 1 aromatic carbocycles. The summed E-state index contributed by atoms with van der Waals surface area (Å²) in [5.74, 6) is 0.397. The minimum absolute atomic E-state index is 0. The molecule has 36 heavy (non-hydrogen) atoms. The first-order valence-corrected chi connectivity index (χ1v) is 13.0. The van der Waals surface area contributed by atoms with E-state index in [4.69, 9.17) is 10.1 Å². The molecule has 1 aromatic heterocycles. The molecular weight excluding hydrogens is 477 g/mol. The first kappa shape index (κ1) is 26.2. The lowest BCUT2D eigenvalue weighted by Gasteiger charge is -2.32. The van der Waals surface area contributed by atoms with Crippen LogP contribution in [-0.2, 0) is 4.79 Å². The van der Waals surface area contributed by atoms with E-state index >= 15 is 4.39 Å². The summed E-state index contributed by atoms with van der Waals surface area (Å²) in [6.45, 7) is 5.49. The summed E-state index contributed by atoms with van der Waals surface area (Å²) in [6.07, 6.45) is 4.06. The molecule has 1 fully saturated rings. The number of amides is 1. The molecule has 0 spiro atoms. The van der Waals surface area contributed by atoms with Gasteiger partial charge in [0.05, 0.1) is 16.3 Å². The molecule has 0 aliphatic carbocycles. The SMILES string of the molecule is C.CC/C=C1/C(C(=O)NCCCO)=C2Sc3ccccc3N2c2nc(N3CCCNCC3)c(F)cc21. The lowest BCUT2D eigenvalue weighted by atomic mass is 9.93. The first-order valence-electron chi connectivity index (χ1n) is 12.2. The Balaban J connectivity index is 0.00000304. The lowest BCUT2D eigenvalue weighted by molar-refractivity contribution is -0.117. The van der Waals surface area contributed by atoms with Crippen LogP contribution in [0.15, 0.2) is 51.9 Å². The van der Waals surface area contributed by atoms with Gasteiger partial charge in [0.25, 0.3) is 5.91 Å². The van der Waals surface area contributed by atoms with Gasteiger partial charge in [-0.05, 0) is 49.6 Å². The van der Waals surface area contributed by atoms with Crippen molar-refractivity contribution in [1.29, 1.82) is 0 Å². The highest BCUT2D eigenvalue weighted by Gasteiger charge is 2.40. The molecule has 0 saturated carbocycles. The number of carbonyl (C=O) groups excluding carboxylic acids is 1. The van der Waals surface area contributed by atoms with E-state index in [1.807, 2.05) is 47.1 Å². The standard InChI is InChI=1S/C26H30FN5O2S.CH4/c1-2-7-17-18-16-19(27)24(31-13-5-10-28-12-14-31)30-23(18)32-20-8-3-4-9-21(20)35-26(32)22(17)25(34)29-11-6-15-33;/h3-4,7-9,16,28,33H,2,5-6,10-15H2,1H3,(H,29,34);1H4/b17-7+;. The minimum Gasteiger partial charge on any atom is -0.396 e. The quantitative estimate of drug-likeness (QED) is 0.496. The molecule has 1 amide bonds. The molecule has 0 radical (unpaired) electrons. The number of nitrogens with zero attached hydrogens (tertiary/aromatic N) is 3.